The average Bonchev–Trinajstić information content (AvgIpc) is 2.75. The molecule has 1 fully saturated rings. The van der Waals surface area contributed by atoms with Gasteiger partial charge >= 0.3 is 0 Å². The minimum Gasteiger partial charge on any atom is -0.487 e. The van der Waals surface area contributed by atoms with Gasteiger partial charge in [0.25, 0.3) is 0 Å². The van der Waals surface area contributed by atoms with Crippen molar-refractivity contribution >= 4 is 10.0 Å². The maximum absolute atomic E-state index is 13.3. The summed E-state index contributed by atoms with van der Waals surface area (Å²) in [5.74, 6) is 0.968. The predicted octanol–water partition coefficient (Wildman–Crippen LogP) is 2.58. The van der Waals surface area contributed by atoms with Gasteiger partial charge in [-0.15, -0.1) is 0 Å². The van der Waals surface area contributed by atoms with Crippen LogP contribution in [0, 0.1) is 5.92 Å². The lowest BCUT2D eigenvalue weighted by Gasteiger charge is -2.32. The third kappa shape index (κ3) is 3.46. The summed E-state index contributed by atoms with van der Waals surface area (Å²) in [5, 5.41) is 0. The van der Waals surface area contributed by atoms with Crippen LogP contribution in [-0.2, 0) is 10.0 Å². The van der Waals surface area contributed by atoms with E-state index in [-0.39, 0.29) is 12.1 Å². The van der Waals surface area contributed by atoms with Gasteiger partial charge in [0.1, 0.15) is 16.7 Å². The number of para-hydroxylation sites is 1. The van der Waals surface area contributed by atoms with Gasteiger partial charge in [-0.3, -0.25) is 0 Å². The molecule has 0 N–H and O–H groups in total. The third-order valence-electron chi connectivity index (χ3n) is 5.04. The van der Waals surface area contributed by atoms with Crippen LogP contribution in [0.2, 0.25) is 0 Å². The normalized spacial score (nSPS) is 27.7. The average molecular weight is 353 g/mol. The van der Waals surface area contributed by atoms with Crippen molar-refractivity contribution < 1.29 is 13.2 Å². The van der Waals surface area contributed by atoms with Gasteiger partial charge in [-0.25, -0.2) is 8.42 Å². The van der Waals surface area contributed by atoms with Crippen molar-refractivity contribution in [1.29, 1.82) is 0 Å². The number of fused-ring (bicyclic) bond motifs is 2. The van der Waals surface area contributed by atoms with Crippen molar-refractivity contribution in [3.63, 3.8) is 0 Å². The molecule has 1 saturated heterocycles. The molecule has 0 unspecified atom stereocenters. The van der Waals surface area contributed by atoms with Crippen molar-refractivity contribution in [3.05, 3.63) is 24.3 Å². The summed E-state index contributed by atoms with van der Waals surface area (Å²) >= 11 is 0. The van der Waals surface area contributed by atoms with Crippen LogP contribution >= 0.6 is 0 Å². The second-order valence-electron chi connectivity index (χ2n) is 7.35. The molecule has 134 valence electrons. The number of ether oxygens (including phenoxy) is 1. The van der Waals surface area contributed by atoms with E-state index in [4.69, 9.17) is 4.74 Å². The summed E-state index contributed by atoms with van der Waals surface area (Å²) in [5.41, 5.74) is 0. The zero-order chi connectivity index (χ0) is 17.3. The maximum Gasteiger partial charge on any atom is 0.247 e. The highest BCUT2D eigenvalue weighted by molar-refractivity contribution is 7.89. The summed E-state index contributed by atoms with van der Waals surface area (Å²) in [6.45, 7) is 6.65. The quantitative estimate of drug-likeness (QED) is 0.839. The molecular weight excluding hydrogens is 324 g/mol. The first-order valence-electron chi connectivity index (χ1n) is 8.85. The molecule has 0 radical (unpaired) electrons. The Kier molecular flexibility index (Phi) is 5.18. The molecule has 6 heteroatoms. The topological polar surface area (TPSA) is 49.9 Å². The Hall–Kier alpha value is -1.11. The summed E-state index contributed by atoms with van der Waals surface area (Å²) in [6, 6.07) is 6.98. The number of hydrogen-bond acceptors (Lipinski definition) is 4. The van der Waals surface area contributed by atoms with Crippen molar-refractivity contribution in [2.45, 2.75) is 50.2 Å². The summed E-state index contributed by atoms with van der Waals surface area (Å²) in [7, 11) is -1.44. The molecule has 0 bridgehead atoms. The molecular formula is C18H28N2O3S. The fourth-order valence-electron chi connectivity index (χ4n) is 3.56. The van der Waals surface area contributed by atoms with E-state index in [0.29, 0.717) is 23.1 Å². The molecule has 1 aromatic carbocycles. The smallest absolute Gasteiger partial charge is 0.247 e. The van der Waals surface area contributed by atoms with Crippen LogP contribution in [0.1, 0.15) is 33.1 Å². The Morgan fingerprint density at radius 3 is 2.67 bits per heavy atom. The van der Waals surface area contributed by atoms with Gasteiger partial charge < -0.3 is 9.64 Å². The zero-order valence-corrected chi connectivity index (χ0v) is 15.6. The molecule has 2 aliphatic rings. The number of hydrogen-bond donors (Lipinski definition) is 0. The van der Waals surface area contributed by atoms with Gasteiger partial charge in [-0.2, -0.15) is 4.31 Å². The van der Waals surface area contributed by atoms with Crippen LogP contribution in [0.4, 0.5) is 0 Å². The number of nitrogens with zero attached hydrogens (tertiary/aromatic N) is 2. The molecule has 0 aromatic heterocycles. The lowest BCUT2D eigenvalue weighted by molar-refractivity contribution is 0.111. The molecule has 0 saturated carbocycles. The van der Waals surface area contributed by atoms with E-state index in [1.54, 1.807) is 22.5 Å². The van der Waals surface area contributed by atoms with Crippen molar-refractivity contribution in [3.8, 4) is 5.75 Å². The number of benzene rings is 1. The molecule has 1 aromatic rings. The highest BCUT2D eigenvalue weighted by atomic mass is 32.2. The first-order valence-corrected chi connectivity index (χ1v) is 10.3. The molecule has 5 nitrogen and oxygen atoms in total. The molecule has 3 rings (SSSR count). The molecule has 24 heavy (non-hydrogen) atoms. The second-order valence-corrected chi connectivity index (χ2v) is 9.21. The monoisotopic (exact) mass is 352 g/mol. The Morgan fingerprint density at radius 2 is 1.92 bits per heavy atom. The lowest BCUT2D eigenvalue weighted by atomic mass is 10.0. The Morgan fingerprint density at radius 1 is 1.21 bits per heavy atom. The van der Waals surface area contributed by atoms with Gasteiger partial charge in [0.2, 0.25) is 10.0 Å². The Balaban J connectivity index is 2.03. The lowest BCUT2D eigenvalue weighted by Crippen LogP contribution is -2.47. The SMILES string of the molecule is CC(C)CCN1[C@H]2CCN(C)CC[C@@H]2Oc2ccccc2S1(=O)=O. The van der Waals surface area contributed by atoms with Crippen molar-refractivity contribution in [2.75, 3.05) is 26.7 Å². The van der Waals surface area contributed by atoms with E-state index < -0.39 is 10.0 Å². The first-order chi connectivity index (χ1) is 11.4. The molecule has 0 aliphatic carbocycles. The van der Waals surface area contributed by atoms with E-state index in [9.17, 15) is 8.42 Å². The van der Waals surface area contributed by atoms with Crippen LogP contribution in [0.15, 0.2) is 29.2 Å². The predicted molar refractivity (Wildman–Crippen MR) is 94.7 cm³/mol. The van der Waals surface area contributed by atoms with Crippen LogP contribution in [0.3, 0.4) is 0 Å². The second kappa shape index (κ2) is 7.02. The zero-order valence-electron chi connectivity index (χ0n) is 14.8. The molecule has 2 aliphatic heterocycles. The van der Waals surface area contributed by atoms with Gasteiger partial charge in [-0.05, 0) is 50.9 Å². The molecule has 2 heterocycles. The van der Waals surface area contributed by atoms with Crippen LogP contribution in [0.5, 0.6) is 5.75 Å². The van der Waals surface area contributed by atoms with Gasteiger partial charge in [0, 0.05) is 13.1 Å². The van der Waals surface area contributed by atoms with Gasteiger partial charge in [0.15, 0.2) is 0 Å². The van der Waals surface area contributed by atoms with Gasteiger partial charge in [-0.1, -0.05) is 26.0 Å². The summed E-state index contributed by atoms with van der Waals surface area (Å²) < 4.78 is 34.6. The third-order valence-corrected chi connectivity index (χ3v) is 7.01. The molecule has 0 spiro atoms. The number of sulfonamides is 1. The van der Waals surface area contributed by atoms with Crippen LogP contribution in [0.25, 0.3) is 0 Å². The highest BCUT2D eigenvalue weighted by Gasteiger charge is 2.42. The molecule has 0 amide bonds. The maximum atomic E-state index is 13.3. The fourth-order valence-corrected chi connectivity index (χ4v) is 5.37. The summed E-state index contributed by atoms with van der Waals surface area (Å²) in [4.78, 5) is 2.58. The number of rotatable bonds is 3. The minimum atomic E-state index is -3.53. The van der Waals surface area contributed by atoms with Crippen LogP contribution in [-0.4, -0.2) is 56.5 Å². The van der Waals surface area contributed by atoms with Crippen molar-refractivity contribution in [1.82, 2.24) is 9.21 Å². The largest absolute Gasteiger partial charge is 0.487 e. The summed E-state index contributed by atoms with van der Waals surface area (Å²) in [6.07, 6.45) is 2.44. The van der Waals surface area contributed by atoms with E-state index in [0.717, 1.165) is 32.4 Å². The van der Waals surface area contributed by atoms with E-state index >= 15 is 0 Å². The van der Waals surface area contributed by atoms with Gasteiger partial charge in [0.05, 0.1) is 6.04 Å². The van der Waals surface area contributed by atoms with E-state index in [1.165, 1.54) is 0 Å². The highest BCUT2D eigenvalue weighted by Crippen LogP contribution is 2.36. The van der Waals surface area contributed by atoms with Crippen molar-refractivity contribution in [2.24, 2.45) is 5.92 Å². The Labute approximate surface area is 145 Å². The minimum absolute atomic E-state index is 0.0828. The molecule has 2 atom stereocenters. The first kappa shape index (κ1) is 17.7. The van der Waals surface area contributed by atoms with E-state index in [1.807, 2.05) is 6.07 Å². The Bertz CT molecular complexity index is 675. The van der Waals surface area contributed by atoms with E-state index in [2.05, 4.69) is 25.8 Å². The fraction of sp³-hybridized carbons (Fsp3) is 0.667. The standard InChI is InChI=1S/C18H28N2O3S/c1-14(2)8-13-20-15-9-11-19(3)12-10-16(15)23-17-6-4-5-7-18(17)24(20,21)22/h4-7,14-16H,8-13H2,1-3H3/t15-,16-/m0/s1. The number of likely N-dealkylation sites (tertiary alicyclic amines) is 1. The van der Waals surface area contributed by atoms with Crippen LogP contribution < -0.4 is 4.74 Å².